The number of rotatable bonds is 7. The van der Waals surface area contributed by atoms with Crippen LogP contribution < -0.4 is 10.6 Å². The molecule has 5 atom stereocenters. The van der Waals surface area contributed by atoms with E-state index in [1.807, 2.05) is 0 Å². The maximum absolute atomic E-state index is 13.3. The molecule has 2 amide bonds. The highest BCUT2D eigenvalue weighted by Crippen LogP contribution is 2.63. The van der Waals surface area contributed by atoms with Crippen molar-refractivity contribution in [1.29, 1.82) is 0 Å². The summed E-state index contributed by atoms with van der Waals surface area (Å²) in [6.45, 7) is 8.57. The second-order valence-corrected chi connectivity index (χ2v) is 9.49. The largest absolute Gasteiger partial charge is 0.466 e. The average molecular weight is 479 g/mol. The Kier molecular flexibility index (Phi) is 7.18. The third-order valence-corrected chi connectivity index (χ3v) is 6.00. The third kappa shape index (κ3) is 5.15. The van der Waals surface area contributed by atoms with Crippen molar-refractivity contribution < 1.29 is 37.8 Å². The Balaban J connectivity index is 1.92. The molecular weight excluding hydrogens is 447 g/mol. The highest BCUT2D eigenvalue weighted by molar-refractivity contribution is 5.95. The van der Waals surface area contributed by atoms with Crippen molar-refractivity contribution in [2.75, 3.05) is 13.2 Å². The van der Waals surface area contributed by atoms with Crippen LogP contribution in [0, 0.1) is 23.6 Å². The van der Waals surface area contributed by atoms with Gasteiger partial charge in [0.15, 0.2) is 0 Å². The summed E-state index contributed by atoms with van der Waals surface area (Å²) in [7, 11) is 0. The summed E-state index contributed by atoms with van der Waals surface area (Å²) in [6, 6.07) is 4.36. The predicted octanol–water partition coefficient (Wildman–Crippen LogP) is 2.58. The van der Waals surface area contributed by atoms with Gasteiger partial charge in [0, 0.05) is 23.9 Å². The van der Waals surface area contributed by atoms with Crippen molar-refractivity contribution in [1.82, 2.24) is 10.6 Å². The molecule has 2 saturated carbocycles. The number of alkyl carbamates (subject to hydrolysis) is 1. The van der Waals surface area contributed by atoms with Crippen LogP contribution in [0.1, 0.15) is 51.4 Å². The minimum Gasteiger partial charge on any atom is -0.466 e. The van der Waals surface area contributed by atoms with Crippen molar-refractivity contribution in [3.05, 3.63) is 35.6 Å². The van der Waals surface area contributed by atoms with E-state index in [4.69, 9.17) is 14.2 Å². The highest BCUT2D eigenvalue weighted by atomic mass is 19.1. The zero-order chi connectivity index (χ0) is 25.3. The van der Waals surface area contributed by atoms with E-state index < -0.39 is 64.7 Å². The Hall–Kier alpha value is -3.17. The van der Waals surface area contributed by atoms with Crippen molar-refractivity contribution in [3.63, 3.8) is 0 Å². The summed E-state index contributed by atoms with van der Waals surface area (Å²) in [6.07, 6.45) is -0.831. The van der Waals surface area contributed by atoms with E-state index in [1.165, 1.54) is 12.1 Å². The molecule has 2 N–H and O–H groups in total. The van der Waals surface area contributed by atoms with Crippen molar-refractivity contribution in [2.24, 2.45) is 17.8 Å². The SMILES string of the molecule is CCOC(=O)[C@H]1C2C(NC(=O)c3ccc(F)cc3)CC(NC(=O)OC(C)(C)C)(C(=O)OCC)C21. The lowest BCUT2D eigenvalue weighted by Crippen LogP contribution is -2.59. The summed E-state index contributed by atoms with van der Waals surface area (Å²) in [4.78, 5) is 51.4. The first kappa shape index (κ1) is 25.5. The van der Waals surface area contributed by atoms with Gasteiger partial charge in [-0.05, 0) is 64.8 Å². The van der Waals surface area contributed by atoms with Crippen LogP contribution in [0.4, 0.5) is 9.18 Å². The van der Waals surface area contributed by atoms with Crippen LogP contribution >= 0.6 is 0 Å². The fourth-order valence-corrected chi connectivity index (χ4v) is 4.78. The van der Waals surface area contributed by atoms with Gasteiger partial charge in [-0.1, -0.05) is 0 Å². The van der Waals surface area contributed by atoms with Crippen LogP contribution in [0.2, 0.25) is 0 Å². The molecule has 1 aromatic carbocycles. The van der Waals surface area contributed by atoms with Gasteiger partial charge in [0.2, 0.25) is 0 Å². The Morgan fingerprint density at radius 3 is 2.24 bits per heavy atom. The Morgan fingerprint density at radius 2 is 1.68 bits per heavy atom. The third-order valence-electron chi connectivity index (χ3n) is 6.00. The number of carbonyl (C=O) groups is 4. The van der Waals surface area contributed by atoms with Gasteiger partial charge in [0.1, 0.15) is 17.0 Å². The van der Waals surface area contributed by atoms with Crippen LogP contribution in [-0.4, -0.2) is 54.3 Å². The minimum atomic E-state index is -1.58. The molecular formula is C24H31FN2O7. The Morgan fingerprint density at radius 1 is 1.06 bits per heavy atom. The van der Waals surface area contributed by atoms with Gasteiger partial charge in [-0.2, -0.15) is 0 Å². The number of fused-ring (bicyclic) bond motifs is 1. The summed E-state index contributed by atoms with van der Waals surface area (Å²) in [5, 5.41) is 5.50. The van der Waals surface area contributed by atoms with Gasteiger partial charge >= 0.3 is 18.0 Å². The molecule has 4 unspecified atom stereocenters. The lowest BCUT2D eigenvalue weighted by atomic mass is 9.88. The molecule has 2 aliphatic rings. The van der Waals surface area contributed by atoms with E-state index in [-0.39, 0.29) is 25.2 Å². The number of ether oxygens (including phenoxy) is 3. The number of halogens is 1. The maximum Gasteiger partial charge on any atom is 0.408 e. The molecule has 0 saturated heterocycles. The van der Waals surface area contributed by atoms with Crippen molar-refractivity contribution in [2.45, 2.75) is 58.2 Å². The van der Waals surface area contributed by atoms with E-state index >= 15 is 0 Å². The fourth-order valence-electron chi connectivity index (χ4n) is 4.78. The zero-order valence-electron chi connectivity index (χ0n) is 20.0. The second-order valence-electron chi connectivity index (χ2n) is 9.49. The molecule has 2 aliphatic carbocycles. The van der Waals surface area contributed by atoms with Gasteiger partial charge < -0.3 is 24.8 Å². The Bertz CT molecular complexity index is 959. The van der Waals surface area contributed by atoms with Crippen LogP contribution in [0.15, 0.2) is 24.3 Å². The lowest BCUT2D eigenvalue weighted by Gasteiger charge is -2.33. The van der Waals surface area contributed by atoms with Crippen LogP contribution in [0.25, 0.3) is 0 Å². The lowest BCUT2D eigenvalue weighted by molar-refractivity contribution is -0.153. The molecule has 3 rings (SSSR count). The standard InChI is InChI=1S/C24H31FN2O7/c1-6-32-20(29)17-16-15(26-19(28)13-8-10-14(25)11-9-13)12-24(18(16)17,21(30)33-7-2)27-22(31)34-23(3,4)5/h8-11,15-18H,6-7,12H2,1-5H3,(H,26,28)(H,27,31)/t15?,16?,17-,18?,24?/m0/s1. The number of amides is 2. The number of carbonyl (C=O) groups excluding carboxylic acids is 4. The smallest absolute Gasteiger partial charge is 0.408 e. The first-order valence-electron chi connectivity index (χ1n) is 11.3. The molecule has 0 aromatic heterocycles. The molecule has 1 aromatic rings. The minimum absolute atomic E-state index is 0.00322. The molecule has 9 nitrogen and oxygen atoms in total. The monoisotopic (exact) mass is 478 g/mol. The second kappa shape index (κ2) is 9.60. The first-order valence-corrected chi connectivity index (χ1v) is 11.3. The summed E-state index contributed by atoms with van der Waals surface area (Å²) < 4.78 is 29.1. The number of esters is 2. The van der Waals surface area contributed by atoms with Gasteiger partial charge in [0.05, 0.1) is 19.1 Å². The molecule has 2 fully saturated rings. The summed E-state index contributed by atoms with van der Waals surface area (Å²) >= 11 is 0. The molecule has 0 heterocycles. The fraction of sp³-hybridized carbons (Fsp3) is 0.583. The van der Waals surface area contributed by atoms with Crippen LogP contribution in [0.5, 0.6) is 0 Å². The molecule has 34 heavy (non-hydrogen) atoms. The van der Waals surface area contributed by atoms with E-state index in [0.717, 1.165) is 12.1 Å². The number of hydrogen-bond acceptors (Lipinski definition) is 7. The molecule has 0 aliphatic heterocycles. The van der Waals surface area contributed by atoms with Gasteiger partial charge in [-0.25, -0.2) is 14.0 Å². The topological polar surface area (TPSA) is 120 Å². The predicted molar refractivity (Wildman–Crippen MR) is 118 cm³/mol. The highest BCUT2D eigenvalue weighted by Gasteiger charge is 2.76. The van der Waals surface area contributed by atoms with E-state index in [1.54, 1.807) is 34.6 Å². The molecule has 186 valence electrons. The van der Waals surface area contributed by atoms with Crippen molar-refractivity contribution >= 4 is 23.9 Å². The number of benzene rings is 1. The van der Waals surface area contributed by atoms with Crippen molar-refractivity contribution in [3.8, 4) is 0 Å². The normalized spacial score (nSPS) is 27.2. The quantitative estimate of drug-likeness (QED) is 0.457. The Labute approximate surface area is 197 Å². The summed E-state index contributed by atoms with van der Waals surface area (Å²) in [5.74, 6) is -4.01. The zero-order valence-corrected chi connectivity index (χ0v) is 20.0. The van der Waals surface area contributed by atoms with Gasteiger partial charge in [-0.3, -0.25) is 9.59 Å². The first-order chi connectivity index (χ1) is 15.9. The van der Waals surface area contributed by atoms with Gasteiger partial charge in [-0.15, -0.1) is 0 Å². The molecule has 0 radical (unpaired) electrons. The number of nitrogens with one attached hydrogen (secondary N) is 2. The average Bonchev–Trinajstić information content (AvgIpc) is 3.41. The number of hydrogen-bond donors (Lipinski definition) is 2. The van der Waals surface area contributed by atoms with E-state index in [2.05, 4.69) is 10.6 Å². The van der Waals surface area contributed by atoms with Gasteiger partial charge in [0.25, 0.3) is 5.91 Å². The van der Waals surface area contributed by atoms with E-state index in [9.17, 15) is 23.6 Å². The maximum atomic E-state index is 13.3. The summed E-state index contributed by atoms with van der Waals surface area (Å²) in [5.41, 5.74) is -2.18. The molecule has 0 spiro atoms. The molecule has 10 heteroatoms. The van der Waals surface area contributed by atoms with Crippen LogP contribution in [0.3, 0.4) is 0 Å². The molecule has 0 bridgehead atoms. The van der Waals surface area contributed by atoms with E-state index in [0.29, 0.717) is 0 Å². The van der Waals surface area contributed by atoms with Crippen LogP contribution in [-0.2, 0) is 23.8 Å².